The van der Waals surface area contributed by atoms with Crippen LogP contribution in [0.1, 0.15) is 47.2 Å². The Balaban J connectivity index is 1.33. The van der Waals surface area contributed by atoms with Crippen LogP contribution in [0.4, 0.5) is 10.5 Å². The van der Waals surface area contributed by atoms with Gasteiger partial charge in [-0.3, -0.25) is 14.3 Å². The lowest BCUT2D eigenvalue weighted by atomic mass is 10.1. The van der Waals surface area contributed by atoms with Gasteiger partial charge < -0.3 is 24.6 Å². The summed E-state index contributed by atoms with van der Waals surface area (Å²) in [6.07, 6.45) is 2.92. The molecule has 1 aliphatic heterocycles. The third-order valence-corrected chi connectivity index (χ3v) is 7.28. The zero-order valence-corrected chi connectivity index (χ0v) is 24.1. The third-order valence-electron chi connectivity index (χ3n) is 6.68. The Hall–Kier alpha value is -4.06. The lowest BCUT2D eigenvalue weighted by molar-refractivity contribution is -0.136. The first-order valence-corrected chi connectivity index (χ1v) is 13.5. The summed E-state index contributed by atoms with van der Waals surface area (Å²) in [6.45, 7) is 11.2. The van der Waals surface area contributed by atoms with Gasteiger partial charge in [0.1, 0.15) is 11.8 Å². The minimum atomic E-state index is -0.588. The van der Waals surface area contributed by atoms with Crippen molar-refractivity contribution in [2.45, 2.75) is 47.4 Å². The van der Waals surface area contributed by atoms with Gasteiger partial charge in [0, 0.05) is 43.6 Å². The molecular formula is C27H34ClN7O5. The summed E-state index contributed by atoms with van der Waals surface area (Å²) in [4.78, 5) is 41.2. The summed E-state index contributed by atoms with van der Waals surface area (Å²) < 4.78 is 13.9. The standard InChI is InChI=1S/C27H34ClN7O5/c1-6-39-27(38)33-11-9-32(10-12-33)26(37)20(5)35-15-23(19(4)30-35)29-25(36)22-7-8-34(31-22)16-40-21-13-17(2)24(28)18(3)14-21/h7-8,13-15,20H,6,9-12,16H2,1-5H3,(H,29,36). The predicted molar refractivity (Wildman–Crippen MR) is 149 cm³/mol. The Labute approximate surface area is 237 Å². The van der Waals surface area contributed by atoms with Crippen molar-refractivity contribution >= 4 is 35.2 Å². The number of aromatic nitrogens is 4. The summed E-state index contributed by atoms with van der Waals surface area (Å²) in [5.41, 5.74) is 3.09. The van der Waals surface area contributed by atoms with Crippen LogP contribution < -0.4 is 10.1 Å². The first-order valence-electron chi connectivity index (χ1n) is 13.1. The molecule has 1 saturated heterocycles. The maximum atomic E-state index is 13.1. The summed E-state index contributed by atoms with van der Waals surface area (Å²) in [7, 11) is 0. The number of halogens is 1. The molecule has 1 aromatic carbocycles. The molecule has 214 valence electrons. The molecule has 0 radical (unpaired) electrons. The van der Waals surface area contributed by atoms with Crippen molar-refractivity contribution in [3.63, 3.8) is 0 Å². The average Bonchev–Trinajstić information content (AvgIpc) is 3.56. The normalized spacial score (nSPS) is 14.2. The second kappa shape index (κ2) is 12.4. The van der Waals surface area contributed by atoms with Crippen molar-refractivity contribution in [1.82, 2.24) is 29.4 Å². The number of carbonyl (C=O) groups excluding carboxylic acids is 3. The summed E-state index contributed by atoms with van der Waals surface area (Å²) in [5.74, 6) is 0.135. The molecule has 3 amide bonds. The molecule has 0 saturated carbocycles. The Bertz CT molecular complexity index is 1370. The van der Waals surface area contributed by atoms with Crippen LogP contribution in [-0.4, -0.2) is 80.1 Å². The SMILES string of the molecule is CCOC(=O)N1CCN(C(=O)C(C)n2cc(NC(=O)c3ccn(COc4cc(C)c(Cl)c(C)c4)n3)c(C)n2)CC1. The van der Waals surface area contributed by atoms with Gasteiger partial charge in [-0.2, -0.15) is 10.2 Å². The highest BCUT2D eigenvalue weighted by atomic mass is 35.5. The van der Waals surface area contributed by atoms with Gasteiger partial charge in [-0.15, -0.1) is 0 Å². The molecule has 3 aromatic rings. The number of aryl methyl sites for hydroxylation is 3. The highest BCUT2D eigenvalue weighted by Gasteiger charge is 2.29. The molecule has 2 aromatic heterocycles. The number of carbonyl (C=O) groups is 3. The van der Waals surface area contributed by atoms with E-state index in [9.17, 15) is 14.4 Å². The number of anilines is 1. The minimum absolute atomic E-state index is 0.117. The lowest BCUT2D eigenvalue weighted by Crippen LogP contribution is -2.52. The van der Waals surface area contributed by atoms with Gasteiger partial charge >= 0.3 is 6.09 Å². The summed E-state index contributed by atoms with van der Waals surface area (Å²) in [5, 5.41) is 12.3. The minimum Gasteiger partial charge on any atom is -0.471 e. The predicted octanol–water partition coefficient (Wildman–Crippen LogP) is 3.81. The number of hydrogen-bond donors (Lipinski definition) is 1. The van der Waals surface area contributed by atoms with E-state index in [-0.39, 0.29) is 24.4 Å². The van der Waals surface area contributed by atoms with E-state index in [1.165, 1.54) is 9.36 Å². The van der Waals surface area contributed by atoms with Gasteiger partial charge in [0.2, 0.25) is 5.91 Å². The lowest BCUT2D eigenvalue weighted by Gasteiger charge is -2.35. The molecule has 0 spiro atoms. The Morgan fingerprint density at radius 3 is 2.35 bits per heavy atom. The van der Waals surface area contributed by atoms with Gasteiger partial charge in [0.15, 0.2) is 12.4 Å². The fourth-order valence-electron chi connectivity index (χ4n) is 4.38. The number of amides is 3. The van der Waals surface area contributed by atoms with E-state index >= 15 is 0 Å². The van der Waals surface area contributed by atoms with Crippen molar-refractivity contribution < 1.29 is 23.9 Å². The molecule has 1 atom stereocenters. The van der Waals surface area contributed by atoms with Gasteiger partial charge in [-0.05, 0) is 63.9 Å². The van der Waals surface area contributed by atoms with Gasteiger partial charge in [0.25, 0.3) is 5.91 Å². The van der Waals surface area contributed by atoms with Crippen molar-refractivity contribution in [3.05, 3.63) is 58.1 Å². The van der Waals surface area contributed by atoms with Crippen LogP contribution in [0.5, 0.6) is 5.75 Å². The summed E-state index contributed by atoms with van der Waals surface area (Å²) >= 11 is 6.22. The molecule has 12 nitrogen and oxygen atoms in total. The van der Waals surface area contributed by atoms with Crippen molar-refractivity contribution in [2.24, 2.45) is 0 Å². The van der Waals surface area contributed by atoms with Crippen LogP contribution >= 0.6 is 11.6 Å². The first kappa shape index (κ1) is 28.9. The van der Waals surface area contributed by atoms with E-state index in [0.29, 0.717) is 54.9 Å². The van der Waals surface area contributed by atoms with E-state index < -0.39 is 11.9 Å². The number of benzene rings is 1. The largest absolute Gasteiger partial charge is 0.471 e. The zero-order valence-electron chi connectivity index (χ0n) is 23.3. The van der Waals surface area contributed by atoms with Crippen LogP contribution in [0.15, 0.2) is 30.6 Å². The smallest absolute Gasteiger partial charge is 0.409 e. The van der Waals surface area contributed by atoms with Crippen molar-refractivity contribution in [1.29, 1.82) is 0 Å². The van der Waals surface area contributed by atoms with Crippen LogP contribution in [0.2, 0.25) is 5.02 Å². The van der Waals surface area contributed by atoms with E-state index in [0.717, 1.165) is 11.1 Å². The number of rotatable bonds is 8. The third kappa shape index (κ3) is 6.56. The fourth-order valence-corrected chi connectivity index (χ4v) is 4.48. The number of ether oxygens (including phenoxy) is 2. The highest BCUT2D eigenvalue weighted by Crippen LogP contribution is 2.26. The number of piperazine rings is 1. The first-order chi connectivity index (χ1) is 19.1. The quantitative estimate of drug-likeness (QED) is 0.436. The maximum Gasteiger partial charge on any atom is 0.409 e. The monoisotopic (exact) mass is 571 g/mol. The Morgan fingerprint density at radius 1 is 1.05 bits per heavy atom. The van der Waals surface area contributed by atoms with Crippen LogP contribution in [0, 0.1) is 20.8 Å². The maximum absolute atomic E-state index is 13.1. The molecule has 1 fully saturated rings. The molecule has 4 rings (SSSR count). The molecule has 0 aliphatic carbocycles. The molecule has 40 heavy (non-hydrogen) atoms. The molecule has 1 unspecified atom stereocenters. The van der Waals surface area contributed by atoms with Crippen molar-refractivity contribution in [3.8, 4) is 5.75 Å². The van der Waals surface area contributed by atoms with Crippen LogP contribution in [-0.2, 0) is 16.3 Å². The second-order valence-electron chi connectivity index (χ2n) is 9.63. The molecule has 1 N–H and O–H groups in total. The van der Waals surface area contributed by atoms with Gasteiger partial charge in [-0.25, -0.2) is 9.48 Å². The van der Waals surface area contributed by atoms with Gasteiger partial charge in [-0.1, -0.05) is 11.6 Å². The number of nitrogens with zero attached hydrogens (tertiary/aromatic N) is 6. The summed E-state index contributed by atoms with van der Waals surface area (Å²) in [6, 6.07) is 4.71. The number of nitrogens with one attached hydrogen (secondary N) is 1. The van der Waals surface area contributed by atoms with E-state index in [1.54, 1.807) is 49.0 Å². The fraction of sp³-hybridized carbons (Fsp3) is 0.444. The molecular weight excluding hydrogens is 538 g/mol. The van der Waals surface area contributed by atoms with E-state index in [4.69, 9.17) is 21.1 Å². The van der Waals surface area contributed by atoms with E-state index in [2.05, 4.69) is 15.5 Å². The highest BCUT2D eigenvalue weighted by molar-refractivity contribution is 6.32. The Kier molecular flexibility index (Phi) is 8.98. The van der Waals surface area contributed by atoms with E-state index in [1.807, 2.05) is 26.0 Å². The van der Waals surface area contributed by atoms with Crippen LogP contribution in [0.25, 0.3) is 0 Å². The molecule has 1 aliphatic rings. The Morgan fingerprint density at radius 2 is 1.70 bits per heavy atom. The van der Waals surface area contributed by atoms with Crippen LogP contribution in [0.3, 0.4) is 0 Å². The molecule has 13 heteroatoms. The second-order valence-corrected chi connectivity index (χ2v) is 10.0. The molecule has 3 heterocycles. The molecule has 0 bridgehead atoms. The average molecular weight is 572 g/mol. The van der Waals surface area contributed by atoms with Gasteiger partial charge in [0.05, 0.1) is 18.0 Å². The number of hydrogen-bond acceptors (Lipinski definition) is 7. The topological polar surface area (TPSA) is 124 Å². The zero-order chi connectivity index (χ0) is 29.0. The van der Waals surface area contributed by atoms with Crippen molar-refractivity contribution in [2.75, 3.05) is 38.1 Å².